The summed E-state index contributed by atoms with van der Waals surface area (Å²) in [7, 11) is -1.56. The number of hydrogen-bond acceptors (Lipinski definition) is 6. The van der Waals surface area contributed by atoms with Crippen molar-refractivity contribution in [3.8, 4) is 5.75 Å². The fourth-order valence-electron chi connectivity index (χ4n) is 3.63. The monoisotopic (exact) mass is 438 g/mol. The molecule has 0 aliphatic heterocycles. The molecule has 1 aliphatic rings. The molecule has 0 saturated heterocycles. The van der Waals surface area contributed by atoms with Crippen molar-refractivity contribution in [2.45, 2.75) is 35.1 Å². The summed E-state index contributed by atoms with van der Waals surface area (Å²) in [5, 5.41) is 0. The number of sulfone groups is 1. The molecule has 9 heteroatoms. The highest BCUT2D eigenvalue weighted by Gasteiger charge is 2.27. The van der Waals surface area contributed by atoms with Gasteiger partial charge in [0.15, 0.2) is 9.84 Å². The Morgan fingerprint density at radius 3 is 2.14 bits per heavy atom. The minimum absolute atomic E-state index is 0.0106. The van der Waals surface area contributed by atoms with Gasteiger partial charge in [0.25, 0.3) is 10.0 Å². The van der Waals surface area contributed by atoms with Crippen molar-refractivity contribution in [1.82, 2.24) is 4.90 Å². The smallest absolute Gasteiger partial charge is 0.261 e. The van der Waals surface area contributed by atoms with Crippen LogP contribution in [-0.2, 0) is 32.7 Å². The molecule has 0 radical (unpaired) electrons. The van der Waals surface area contributed by atoms with Crippen molar-refractivity contribution in [1.29, 1.82) is 0 Å². The van der Waals surface area contributed by atoms with Crippen molar-refractivity contribution >= 4 is 25.5 Å². The molecule has 0 amide bonds. The molecule has 2 aromatic rings. The zero-order valence-corrected chi connectivity index (χ0v) is 18.6. The van der Waals surface area contributed by atoms with E-state index in [1.54, 1.807) is 19.2 Å². The standard InChI is InChI=1S/C20H26N2O5S2/c1-22(2)14-5-10-17-18(13-14)20(27-3)12-11-19(17)21-29(25,26)16-8-6-15(7-9-16)28(4,23)24/h6-9,11-12,14,21H,5,10,13H2,1-4H3/t14-/m0/s1. The first-order valence-corrected chi connectivity index (χ1v) is 12.6. The summed E-state index contributed by atoms with van der Waals surface area (Å²) in [5.74, 6) is 0.756. The van der Waals surface area contributed by atoms with Crippen LogP contribution in [0.2, 0.25) is 0 Å². The molecule has 1 aliphatic carbocycles. The molecule has 2 aromatic carbocycles. The van der Waals surface area contributed by atoms with Gasteiger partial charge in [-0.1, -0.05) is 0 Å². The van der Waals surface area contributed by atoms with E-state index in [9.17, 15) is 16.8 Å². The largest absolute Gasteiger partial charge is 0.496 e. The average molecular weight is 439 g/mol. The Morgan fingerprint density at radius 1 is 0.966 bits per heavy atom. The second-order valence-electron chi connectivity index (χ2n) is 7.48. The van der Waals surface area contributed by atoms with Gasteiger partial charge in [0, 0.05) is 17.9 Å². The van der Waals surface area contributed by atoms with Crippen LogP contribution in [0.4, 0.5) is 5.69 Å². The zero-order valence-electron chi connectivity index (χ0n) is 17.0. The fourth-order valence-corrected chi connectivity index (χ4v) is 5.35. The van der Waals surface area contributed by atoms with E-state index in [-0.39, 0.29) is 9.79 Å². The van der Waals surface area contributed by atoms with Crippen LogP contribution >= 0.6 is 0 Å². The molecule has 0 bridgehead atoms. The number of ether oxygens (including phenoxy) is 1. The molecule has 0 aromatic heterocycles. The maximum Gasteiger partial charge on any atom is 0.261 e. The molecule has 0 saturated carbocycles. The van der Waals surface area contributed by atoms with Crippen LogP contribution in [0.5, 0.6) is 5.75 Å². The zero-order chi connectivity index (χ0) is 21.4. The van der Waals surface area contributed by atoms with E-state index in [2.05, 4.69) is 9.62 Å². The fraction of sp³-hybridized carbons (Fsp3) is 0.400. The maximum atomic E-state index is 12.9. The van der Waals surface area contributed by atoms with Crippen LogP contribution in [0.1, 0.15) is 17.5 Å². The Kier molecular flexibility index (Phi) is 5.93. The summed E-state index contributed by atoms with van der Waals surface area (Å²) < 4.78 is 57.1. The molecule has 0 unspecified atom stereocenters. The lowest BCUT2D eigenvalue weighted by Gasteiger charge is -2.32. The summed E-state index contributed by atoms with van der Waals surface area (Å²) in [6.07, 6.45) is 3.52. The third-order valence-corrected chi connectivity index (χ3v) is 7.82. The van der Waals surface area contributed by atoms with Crippen LogP contribution in [0.3, 0.4) is 0 Å². The number of sulfonamides is 1. The van der Waals surface area contributed by atoms with E-state index in [1.165, 1.54) is 24.3 Å². The molecule has 3 rings (SSSR count). The first-order valence-electron chi connectivity index (χ1n) is 9.21. The van der Waals surface area contributed by atoms with Crippen molar-refractivity contribution in [3.05, 3.63) is 47.5 Å². The Bertz CT molecular complexity index is 1110. The molecule has 158 valence electrons. The lowest BCUT2D eigenvalue weighted by atomic mass is 9.86. The second-order valence-corrected chi connectivity index (χ2v) is 11.2. The Morgan fingerprint density at radius 2 is 1.59 bits per heavy atom. The Labute approximate surface area is 172 Å². The van der Waals surface area contributed by atoms with Gasteiger partial charge in [0.2, 0.25) is 0 Å². The lowest BCUT2D eigenvalue weighted by Crippen LogP contribution is -2.34. The molecule has 0 heterocycles. The van der Waals surface area contributed by atoms with E-state index in [1.807, 2.05) is 14.1 Å². The highest BCUT2D eigenvalue weighted by Crippen LogP contribution is 2.36. The van der Waals surface area contributed by atoms with Gasteiger partial charge in [0.05, 0.1) is 22.6 Å². The van der Waals surface area contributed by atoms with Crippen molar-refractivity contribution in [2.24, 2.45) is 0 Å². The summed E-state index contributed by atoms with van der Waals surface area (Å²) in [4.78, 5) is 2.26. The van der Waals surface area contributed by atoms with Gasteiger partial charge in [-0.3, -0.25) is 4.72 Å². The van der Waals surface area contributed by atoms with Crippen LogP contribution in [0, 0.1) is 0 Å². The minimum Gasteiger partial charge on any atom is -0.496 e. The number of hydrogen-bond donors (Lipinski definition) is 1. The van der Waals surface area contributed by atoms with Gasteiger partial charge < -0.3 is 9.64 Å². The molecule has 1 N–H and O–H groups in total. The van der Waals surface area contributed by atoms with E-state index in [0.29, 0.717) is 11.7 Å². The van der Waals surface area contributed by atoms with E-state index < -0.39 is 19.9 Å². The third-order valence-electron chi connectivity index (χ3n) is 5.31. The quantitative estimate of drug-likeness (QED) is 0.744. The SMILES string of the molecule is COc1ccc(NS(=O)(=O)c2ccc(S(C)(=O)=O)cc2)c2c1C[C@@H](N(C)C)CC2. The summed E-state index contributed by atoms with van der Waals surface area (Å²) in [5.41, 5.74) is 2.49. The summed E-state index contributed by atoms with van der Waals surface area (Å²) >= 11 is 0. The second kappa shape index (κ2) is 7.97. The van der Waals surface area contributed by atoms with E-state index in [4.69, 9.17) is 4.74 Å². The highest BCUT2D eigenvalue weighted by molar-refractivity contribution is 7.92. The number of fused-ring (bicyclic) bond motifs is 1. The lowest BCUT2D eigenvalue weighted by molar-refractivity contribution is 0.265. The van der Waals surface area contributed by atoms with Crippen molar-refractivity contribution in [3.63, 3.8) is 0 Å². The van der Waals surface area contributed by atoms with Crippen LogP contribution < -0.4 is 9.46 Å². The number of nitrogens with zero attached hydrogens (tertiary/aromatic N) is 1. The van der Waals surface area contributed by atoms with Crippen molar-refractivity contribution < 1.29 is 21.6 Å². The Hall–Kier alpha value is -2.10. The predicted octanol–water partition coefficient (Wildman–Crippen LogP) is 2.32. The molecular weight excluding hydrogens is 412 g/mol. The molecule has 0 fully saturated rings. The number of likely N-dealkylation sites (N-methyl/N-ethyl adjacent to an activating group) is 1. The highest BCUT2D eigenvalue weighted by atomic mass is 32.2. The predicted molar refractivity (Wildman–Crippen MR) is 113 cm³/mol. The van der Waals surface area contributed by atoms with Gasteiger partial charge in [-0.25, -0.2) is 16.8 Å². The van der Waals surface area contributed by atoms with Crippen LogP contribution in [0.15, 0.2) is 46.2 Å². The van der Waals surface area contributed by atoms with Gasteiger partial charge in [-0.15, -0.1) is 0 Å². The molecule has 0 spiro atoms. The Balaban J connectivity index is 1.95. The normalized spacial score (nSPS) is 17.1. The summed E-state index contributed by atoms with van der Waals surface area (Å²) in [6, 6.07) is 9.07. The van der Waals surface area contributed by atoms with E-state index in [0.717, 1.165) is 42.4 Å². The molecule has 29 heavy (non-hydrogen) atoms. The van der Waals surface area contributed by atoms with Crippen LogP contribution in [-0.4, -0.2) is 55.2 Å². The maximum absolute atomic E-state index is 12.9. The molecule has 7 nitrogen and oxygen atoms in total. The van der Waals surface area contributed by atoms with Crippen LogP contribution in [0.25, 0.3) is 0 Å². The number of nitrogens with one attached hydrogen (secondary N) is 1. The van der Waals surface area contributed by atoms with Gasteiger partial charge in [-0.2, -0.15) is 0 Å². The number of rotatable bonds is 6. The van der Waals surface area contributed by atoms with E-state index >= 15 is 0 Å². The van der Waals surface area contributed by atoms with Gasteiger partial charge in [0.1, 0.15) is 5.75 Å². The average Bonchev–Trinajstić information content (AvgIpc) is 2.67. The third kappa shape index (κ3) is 4.57. The van der Waals surface area contributed by atoms with Crippen molar-refractivity contribution in [2.75, 3.05) is 32.2 Å². The number of benzene rings is 2. The number of anilines is 1. The number of methoxy groups -OCH3 is 1. The molecular formula is C20H26N2O5S2. The minimum atomic E-state index is -3.85. The first-order chi connectivity index (χ1) is 13.5. The summed E-state index contributed by atoms with van der Waals surface area (Å²) in [6.45, 7) is 0. The molecule has 1 atom stereocenters. The first kappa shape index (κ1) is 21.6. The van der Waals surface area contributed by atoms with Gasteiger partial charge >= 0.3 is 0 Å². The topological polar surface area (TPSA) is 92.8 Å². The van der Waals surface area contributed by atoms with Gasteiger partial charge in [-0.05, 0) is 75.3 Å².